The second-order valence-corrected chi connectivity index (χ2v) is 18.0. The molecular formula is C51H96O10. The van der Waals surface area contributed by atoms with Crippen LogP contribution >= 0.6 is 0 Å². The molecule has 0 bridgehead atoms. The number of aliphatic hydroxyl groups excluding tert-OH is 4. The fraction of sp³-hybridized carbons (Fsp3) is 0.922. The minimum Gasteiger partial charge on any atom is -0.462 e. The number of carbonyl (C=O) groups excluding carboxylic acids is 2. The number of carbonyl (C=O) groups is 2. The molecule has 1 fully saturated rings. The molecule has 0 aromatic carbocycles. The van der Waals surface area contributed by atoms with Gasteiger partial charge >= 0.3 is 11.9 Å². The first-order valence-corrected chi connectivity index (χ1v) is 25.8. The molecule has 0 spiro atoms. The molecule has 61 heavy (non-hydrogen) atoms. The molecule has 4 N–H and O–H groups in total. The second kappa shape index (κ2) is 42.4. The molecule has 0 saturated carbocycles. The summed E-state index contributed by atoms with van der Waals surface area (Å²) in [6.45, 7) is 3.46. The van der Waals surface area contributed by atoms with Gasteiger partial charge in [-0.1, -0.05) is 206 Å². The summed E-state index contributed by atoms with van der Waals surface area (Å²) in [4.78, 5) is 25.4. The van der Waals surface area contributed by atoms with Gasteiger partial charge in [-0.25, -0.2) is 0 Å². The molecule has 0 aromatic rings. The monoisotopic (exact) mass is 869 g/mol. The maximum atomic E-state index is 12.8. The van der Waals surface area contributed by atoms with E-state index in [9.17, 15) is 30.0 Å². The van der Waals surface area contributed by atoms with E-state index in [-0.39, 0.29) is 32.0 Å². The summed E-state index contributed by atoms with van der Waals surface area (Å²) in [5.41, 5.74) is 0. The van der Waals surface area contributed by atoms with Gasteiger partial charge in [-0.15, -0.1) is 0 Å². The molecule has 1 aliphatic rings. The maximum Gasteiger partial charge on any atom is 0.306 e. The highest BCUT2D eigenvalue weighted by atomic mass is 16.7. The minimum absolute atomic E-state index is 0.211. The number of esters is 2. The van der Waals surface area contributed by atoms with Gasteiger partial charge in [-0.05, 0) is 38.5 Å². The zero-order chi connectivity index (χ0) is 44.4. The van der Waals surface area contributed by atoms with Crippen LogP contribution in [-0.4, -0.2) is 89.0 Å². The first-order valence-electron chi connectivity index (χ1n) is 25.8. The van der Waals surface area contributed by atoms with Gasteiger partial charge in [-0.2, -0.15) is 0 Å². The van der Waals surface area contributed by atoms with Crippen molar-refractivity contribution in [3.05, 3.63) is 12.2 Å². The lowest BCUT2D eigenvalue weighted by Crippen LogP contribution is -2.59. The fourth-order valence-corrected chi connectivity index (χ4v) is 8.07. The average molecular weight is 869 g/mol. The van der Waals surface area contributed by atoms with Crippen LogP contribution in [-0.2, 0) is 28.5 Å². The van der Waals surface area contributed by atoms with Crippen molar-refractivity contribution in [3.63, 3.8) is 0 Å². The van der Waals surface area contributed by atoms with Crippen molar-refractivity contribution in [2.24, 2.45) is 0 Å². The van der Waals surface area contributed by atoms with E-state index in [1.807, 2.05) is 0 Å². The van der Waals surface area contributed by atoms with Gasteiger partial charge in [0.15, 0.2) is 12.4 Å². The van der Waals surface area contributed by atoms with Gasteiger partial charge in [0.1, 0.15) is 31.0 Å². The van der Waals surface area contributed by atoms with Crippen molar-refractivity contribution in [1.82, 2.24) is 0 Å². The Hall–Kier alpha value is -1.56. The maximum absolute atomic E-state index is 12.8. The average Bonchev–Trinajstić information content (AvgIpc) is 3.26. The fourth-order valence-electron chi connectivity index (χ4n) is 8.07. The van der Waals surface area contributed by atoms with Crippen molar-refractivity contribution in [1.29, 1.82) is 0 Å². The first-order chi connectivity index (χ1) is 29.8. The molecule has 2 unspecified atom stereocenters. The smallest absolute Gasteiger partial charge is 0.306 e. The number of aliphatic hydroxyl groups is 4. The Morgan fingerprint density at radius 2 is 0.869 bits per heavy atom. The van der Waals surface area contributed by atoms with Crippen LogP contribution in [0.4, 0.5) is 0 Å². The summed E-state index contributed by atoms with van der Waals surface area (Å²) in [6.07, 6.45) is 39.3. The normalized spacial score (nSPS) is 19.7. The van der Waals surface area contributed by atoms with Crippen LogP contribution in [0.15, 0.2) is 12.2 Å². The van der Waals surface area contributed by atoms with Gasteiger partial charge < -0.3 is 39.4 Å². The van der Waals surface area contributed by atoms with E-state index in [1.54, 1.807) is 0 Å². The molecule has 1 heterocycles. The third-order valence-electron chi connectivity index (χ3n) is 12.2. The Labute approximate surface area is 373 Å². The highest BCUT2D eigenvalue weighted by molar-refractivity contribution is 5.70. The van der Waals surface area contributed by atoms with Crippen molar-refractivity contribution < 1.29 is 49.0 Å². The summed E-state index contributed by atoms with van der Waals surface area (Å²) in [7, 11) is 0. The zero-order valence-electron chi connectivity index (χ0n) is 39.4. The summed E-state index contributed by atoms with van der Waals surface area (Å²) >= 11 is 0. The van der Waals surface area contributed by atoms with Gasteiger partial charge in [-0.3, -0.25) is 9.59 Å². The number of hydrogen-bond acceptors (Lipinski definition) is 10. The highest BCUT2D eigenvalue weighted by Gasteiger charge is 2.44. The number of hydrogen-bond donors (Lipinski definition) is 4. The van der Waals surface area contributed by atoms with Gasteiger partial charge in [0.05, 0.1) is 13.2 Å². The van der Waals surface area contributed by atoms with Crippen LogP contribution in [0.1, 0.15) is 245 Å². The van der Waals surface area contributed by atoms with Crippen molar-refractivity contribution in [3.8, 4) is 0 Å². The van der Waals surface area contributed by atoms with Crippen LogP contribution < -0.4 is 0 Å². The molecule has 0 aliphatic carbocycles. The van der Waals surface area contributed by atoms with Gasteiger partial charge in [0, 0.05) is 12.8 Å². The predicted octanol–water partition coefficient (Wildman–Crippen LogP) is 11.9. The highest BCUT2D eigenvalue weighted by Crippen LogP contribution is 2.23. The van der Waals surface area contributed by atoms with E-state index in [1.165, 1.54) is 173 Å². The largest absolute Gasteiger partial charge is 0.462 e. The van der Waals surface area contributed by atoms with Crippen LogP contribution in [0.3, 0.4) is 0 Å². The Bertz CT molecular complexity index is 1010. The topological polar surface area (TPSA) is 152 Å². The SMILES string of the molecule is CCCCCCCC/C=C/CCCCCCCCCCCCCC(=O)O[C@H](COC(=O)CCCCCCCCCCCCCCCCC)CO[C@@H]1O[C@H](CO)[C@H](O)C(O)C1O. The molecule has 0 aromatic heterocycles. The van der Waals surface area contributed by atoms with E-state index >= 15 is 0 Å². The number of rotatable bonds is 44. The summed E-state index contributed by atoms with van der Waals surface area (Å²) in [5.74, 6) is -0.792. The minimum atomic E-state index is -1.59. The van der Waals surface area contributed by atoms with Gasteiger partial charge in [0.25, 0.3) is 0 Å². The van der Waals surface area contributed by atoms with E-state index < -0.39 is 49.4 Å². The van der Waals surface area contributed by atoms with Crippen LogP contribution in [0.25, 0.3) is 0 Å². The Kier molecular flexibility index (Phi) is 39.9. The second-order valence-electron chi connectivity index (χ2n) is 18.0. The van der Waals surface area contributed by atoms with Crippen LogP contribution in [0, 0.1) is 0 Å². The first kappa shape index (κ1) is 57.5. The molecule has 1 rings (SSSR count). The molecule has 360 valence electrons. The van der Waals surface area contributed by atoms with E-state index in [0.29, 0.717) is 6.42 Å². The molecule has 10 heteroatoms. The Morgan fingerprint density at radius 3 is 1.28 bits per heavy atom. The summed E-state index contributed by atoms with van der Waals surface area (Å²) in [5, 5.41) is 40.2. The third-order valence-corrected chi connectivity index (χ3v) is 12.2. The number of allylic oxidation sites excluding steroid dienone is 2. The molecule has 10 nitrogen and oxygen atoms in total. The van der Waals surface area contributed by atoms with E-state index in [2.05, 4.69) is 26.0 Å². The molecule has 0 radical (unpaired) electrons. The lowest BCUT2D eigenvalue weighted by atomic mass is 9.99. The molecule has 6 atom stereocenters. The number of ether oxygens (including phenoxy) is 4. The van der Waals surface area contributed by atoms with Crippen molar-refractivity contribution in [2.75, 3.05) is 19.8 Å². The lowest BCUT2D eigenvalue weighted by molar-refractivity contribution is -0.305. The van der Waals surface area contributed by atoms with Crippen LogP contribution in [0.5, 0.6) is 0 Å². The third kappa shape index (κ3) is 33.6. The lowest BCUT2D eigenvalue weighted by Gasteiger charge is -2.39. The van der Waals surface area contributed by atoms with Crippen molar-refractivity contribution in [2.45, 2.75) is 282 Å². The quantitative estimate of drug-likeness (QED) is 0.0264. The zero-order valence-corrected chi connectivity index (χ0v) is 39.4. The molecular weight excluding hydrogens is 773 g/mol. The Balaban J connectivity index is 2.24. The summed E-state index contributed by atoms with van der Waals surface area (Å²) in [6, 6.07) is 0. The van der Waals surface area contributed by atoms with E-state index in [4.69, 9.17) is 18.9 Å². The predicted molar refractivity (Wildman–Crippen MR) is 247 cm³/mol. The standard InChI is InChI=1S/C51H96O10/c1-3-5-7-9-11-13-15-17-19-20-21-22-23-24-26-28-30-32-34-36-38-40-47(54)60-44(43-59-51-50(57)49(56)48(55)45(41-52)61-51)42-58-46(53)39-37-35-33-31-29-27-25-18-16-14-12-10-8-6-4-2/h17,19,44-45,48-52,55-57H,3-16,18,20-43H2,1-2H3/b19-17+/t44-,45-,48+,49?,50?,51-/m1/s1. The number of unbranched alkanes of at least 4 members (excludes halogenated alkanes) is 31. The summed E-state index contributed by atoms with van der Waals surface area (Å²) < 4.78 is 22.2. The van der Waals surface area contributed by atoms with Crippen LogP contribution in [0.2, 0.25) is 0 Å². The molecule has 1 saturated heterocycles. The molecule has 0 amide bonds. The molecule has 1 aliphatic heterocycles. The van der Waals surface area contributed by atoms with E-state index in [0.717, 1.165) is 38.5 Å². The van der Waals surface area contributed by atoms with Crippen molar-refractivity contribution >= 4 is 11.9 Å². The Morgan fingerprint density at radius 1 is 0.492 bits per heavy atom. The van der Waals surface area contributed by atoms with Gasteiger partial charge in [0.2, 0.25) is 0 Å².